The first kappa shape index (κ1) is 20.5. The molecule has 3 heterocycles. The van der Waals surface area contributed by atoms with Crippen molar-refractivity contribution in [3.05, 3.63) is 57.9 Å². The zero-order valence-corrected chi connectivity index (χ0v) is 17.3. The molecule has 0 aliphatic carbocycles. The number of halogens is 3. The van der Waals surface area contributed by atoms with E-state index in [0.29, 0.717) is 10.7 Å². The van der Waals surface area contributed by atoms with Crippen LogP contribution < -0.4 is 5.32 Å². The van der Waals surface area contributed by atoms with Gasteiger partial charge in [0.25, 0.3) is 5.91 Å². The lowest BCUT2D eigenvalue weighted by Gasteiger charge is -2.23. The molecular formula is C20H20F3N5OS. The van der Waals surface area contributed by atoms with Gasteiger partial charge in [0.05, 0.1) is 23.1 Å². The van der Waals surface area contributed by atoms with E-state index in [1.165, 1.54) is 17.4 Å². The number of para-hydroxylation sites is 1. The van der Waals surface area contributed by atoms with Gasteiger partial charge in [-0.1, -0.05) is 25.1 Å². The highest BCUT2D eigenvalue weighted by Gasteiger charge is 2.41. The topological polar surface area (TPSA) is 63.1 Å². The van der Waals surface area contributed by atoms with Crippen molar-refractivity contribution in [2.45, 2.75) is 33.0 Å². The molecule has 0 fully saturated rings. The molecule has 0 saturated carbocycles. The van der Waals surface area contributed by atoms with E-state index >= 15 is 0 Å². The normalized spacial score (nSPS) is 14.6. The zero-order chi connectivity index (χ0) is 21.5. The van der Waals surface area contributed by atoms with E-state index in [1.807, 2.05) is 0 Å². The summed E-state index contributed by atoms with van der Waals surface area (Å²) >= 11 is 1.30. The van der Waals surface area contributed by atoms with Crippen molar-refractivity contribution in [3.63, 3.8) is 0 Å². The summed E-state index contributed by atoms with van der Waals surface area (Å²) in [6.07, 6.45) is -3.04. The Bertz CT molecular complexity index is 1090. The minimum absolute atomic E-state index is 0.272. The van der Waals surface area contributed by atoms with E-state index in [2.05, 4.69) is 27.2 Å². The Kier molecular flexibility index (Phi) is 5.37. The fourth-order valence-corrected chi connectivity index (χ4v) is 4.55. The van der Waals surface area contributed by atoms with Crippen LogP contribution in [-0.2, 0) is 19.1 Å². The van der Waals surface area contributed by atoms with Gasteiger partial charge in [-0.2, -0.15) is 18.3 Å². The predicted octanol–water partition coefficient (Wildman–Crippen LogP) is 4.29. The second-order valence-corrected chi connectivity index (χ2v) is 8.15. The Labute approximate surface area is 175 Å². The summed E-state index contributed by atoms with van der Waals surface area (Å²) in [4.78, 5) is 20.4. The summed E-state index contributed by atoms with van der Waals surface area (Å²) in [7, 11) is 0. The number of rotatable bonds is 4. The first-order valence-electron chi connectivity index (χ1n) is 9.51. The minimum Gasteiger partial charge on any atom is -0.298 e. The number of nitrogens with one attached hydrogen (secondary N) is 1. The van der Waals surface area contributed by atoms with Crippen LogP contribution in [0.2, 0.25) is 0 Å². The molecule has 0 saturated heterocycles. The number of amides is 1. The van der Waals surface area contributed by atoms with E-state index in [-0.39, 0.29) is 5.69 Å². The Morgan fingerprint density at radius 1 is 1.30 bits per heavy atom. The maximum Gasteiger partial charge on any atom is 0.434 e. The highest BCUT2D eigenvalue weighted by atomic mass is 32.1. The van der Waals surface area contributed by atoms with Crippen LogP contribution in [0.3, 0.4) is 0 Å². The lowest BCUT2D eigenvalue weighted by atomic mass is 10.1. The van der Waals surface area contributed by atoms with Gasteiger partial charge in [0.1, 0.15) is 0 Å². The van der Waals surface area contributed by atoms with Gasteiger partial charge in [-0.15, -0.1) is 11.3 Å². The number of fused-ring (bicyclic) bond motifs is 1. The second-order valence-electron chi connectivity index (χ2n) is 7.06. The van der Waals surface area contributed by atoms with E-state index in [1.54, 1.807) is 25.1 Å². The number of carbonyl (C=O) groups excluding carboxylic acids is 1. The lowest BCUT2D eigenvalue weighted by molar-refractivity contribution is -0.143. The number of aryl methyl sites for hydroxylation is 1. The average Bonchev–Trinajstić information content (AvgIpc) is 3.31. The average molecular weight is 435 g/mol. The summed E-state index contributed by atoms with van der Waals surface area (Å²) in [5.41, 5.74) is 0.146. The molecule has 3 aromatic rings. The molecule has 0 spiro atoms. The summed E-state index contributed by atoms with van der Waals surface area (Å²) in [5.74, 6) is -0.874. The predicted molar refractivity (Wildman–Crippen MR) is 108 cm³/mol. The third-order valence-electron chi connectivity index (χ3n) is 5.10. The van der Waals surface area contributed by atoms with Gasteiger partial charge in [-0.25, -0.2) is 9.67 Å². The van der Waals surface area contributed by atoms with Crippen LogP contribution in [0.5, 0.6) is 0 Å². The summed E-state index contributed by atoms with van der Waals surface area (Å²) in [5, 5.41) is 6.72. The highest BCUT2D eigenvalue weighted by Crippen LogP contribution is 2.35. The molecule has 0 atom stereocenters. The molecule has 1 aromatic carbocycles. The number of alkyl halides is 3. The monoisotopic (exact) mass is 435 g/mol. The minimum atomic E-state index is -4.75. The summed E-state index contributed by atoms with van der Waals surface area (Å²) in [6.45, 7) is 6.28. The number of benzene rings is 1. The van der Waals surface area contributed by atoms with Crippen LogP contribution in [0.4, 0.5) is 18.3 Å². The van der Waals surface area contributed by atoms with Gasteiger partial charge in [0, 0.05) is 24.4 Å². The van der Waals surface area contributed by atoms with E-state index in [4.69, 9.17) is 0 Å². The van der Waals surface area contributed by atoms with Crippen molar-refractivity contribution in [1.82, 2.24) is 19.7 Å². The Balaban J connectivity index is 1.66. The van der Waals surface area contributed by atoms with Gasteiger partial charge in [0.2, 0.25) is 0 Å². The van der Waals surface area contributed by atoms with Crippen molar-refractivity contribution >= 4 is 22.4 Å². The van der Waals surface area contributed by atoms with E-state index in [0.717, 1.165) is 47.5 Å². The standard InChI is InChI=1S/C20H20F3N5OS/c1-3-27-9-8-14-16(11-27)30-19(25-14)26-18(29)13-10-24-28(17(13)20(21,22)23)15-7-5-4-6-12(15)2/h4-7,10H,3,8-9,11H2,1-2H3,(H,25,26,29). The maximum atomic E-state index is 13.9. The molecule has 10 heteroatoms. The van der Waals surface area contributed by atoms with Crippen LogP contribution in [-0.4, -0.2) is 38.7 Å². The van der Waals surface area contributed by atoms with Crippen molar-refractivity contribution in [3.8, 4) is 5.69 Å². The van der Waals surface area contributed by atoms with Crippen molar-refractivity contribution in [2.24, 2.45) is 0 Å². The zero-order valence-electron chi connectivity index (χ0n) is 16.5. The summed E-state index contributed by atoms with van der Waals surface area (Å²) in [6, 6.07) is 6.58. The highest BCUT2D eigenvalue weighted by molar-refractivity contribution is 7.15. The molecule has 4 rings (SSSR count). The number of anilines is 1. The molecular weight excluding hydrogens is 415 g/mol. The fraction of sp³-hybridized carbons (Fsp3) is 0.350. The van der Waals surface area contributed by atoms with Gasteiger partial charge in [-0.05, 0) is 25.1 Å². The number of nitrogens with zero attached hydrogens (tertiary/aromatic N) is 4. The fourth-order valence-electron chi connectivity index (χ4n) is 3.51. The van der Waals surface area contributed by atoms with Crippen molar-refractivity contribution in [1.29, 1.82) is 0 Å². The SMILES string of the molecule is CCN1CCc2nc(NC(=O)c3cnn(-c4ccccc4C)c3C(F)(F)F)sc2C1. The maximum absolute atomic E-state index is 13.9. The quantitative estimate of drug-likeness (QED) is 0.664. The second kappa shape index (κ2) is 7.84. The van der Waals surface area contributed by atoms with Crippen molar-refractivity contribution < 1.29 is 18.0 Å². The molecule has 0 unspecified atom stereocenters. The van der Waals surface area contributed by atoms with Crippen LogP contribution in [0, 0.1) is 6.92 Å². The Morgan fingerprint density at radius 2 is 2.07 bits per heavy atom. The van der Waals surface area contributed by atoms with Gasteiger partial charge in [-0.3, -0.25) is 15.0 Å². The molecule has 1 aliphatic rings. The third kappa shape index (κ3) is 3.84. The number of carbonyl (C=O) groups is 1. The molecule has 0 radical (unpaired) electrons. The van der Waals surface area contributed by atoms with Crippen LogP contribution in [0.25, 0.3) is 5.69 Å². The smallest absolute Gasteiger partial charge is 0.298 e. The summed E-state index contributed by atoms with van der Waals surface area (Å²) < 4.78 is 42.4. The van der Waals surface area contributed by atoms with Gasteiger partial charge in [0.15, 0.2) is 10.8 Å². The van der Waals surface area contributed by atoms with Crippen molar-refractivity contribution in [2.75, 3.05) is 18.4 Å². The molecule has 2 aromatic heterocycles. The molecule has 0 bridgehead atoms. The Morgan fingerprint density at radius 3 is 2.77 bits per heavy atom. The number of likely N-dealkylation sites (N-methyl/N-ethyl adjacent to an activating group) is 1. The molecule has 6 nitrogen and oxygen atoms in total. The van der Waals surface area contributed by atoms with Gasteiger partial charge < -0.3 is 0 Å². The number of hydrogen-bond donors (Lipinski definition) is 1. The molecule has 1 N–H and O–H groups in total. The number of thiazole rings is 1. The van der Waals surface area contributed by atoms with E-state index in [9.17, 15) is 18.0 Å². The number of aromatic nitrogens is 3. The third-order valence-corrected chi connectivity index (χ3v) is 6.10. The van der Waals surface area contributed by atoms with Crippen LogP contribution >= 0.6 is 11.3 Å². The first-order chi connectivity index (χ1) is 14.3. The molecule has 30 heavy (non-hydrogen) atoms. The largest absolute Gasteiger partial charge is 0.434 e. The number of hydrogen-bond acceptors (Lipinski definition) is 5. The van der Waals surface area contributed by atoms with Gasteiger partial charge >= 0.3 is 6.18 Å². The molecule has 1 aliphatic heterocycles. The first-order valence-corrected chi connectivity index (χ1v) is 10.3. The lowest BCUT2D eigenvalue weighted by Crippen LogP contribution is -2.29. The van der Waals surface area contributed by atoms with Crippen LogP contribution in [0.15, 0.2) is 30.5 Å². The Hall–Kier alpha value is -2.72. The molecule has 158 valence electrons. The van der Waals surface area contributed by atoms with Crippen LogP contribution in [0.1, 0.15) is 39.1 Å². The van der Waals surface area contributed by atoms with E-state index < -0.39 is 23.3 Å². The molecule has 1 amide bonds.